The van der Waals surface area contributed by atoms with E-state index in [1.54, 1.807) is 6.07 Å². The summed E-state index contributed by atoms with van der Waals surface area (Å²) in [7, 11) is 0. The third-order valence-corrected chi connectivity index (χ3v) is 2.07. The lowest BCUT2D eigenvalue weighted by Gasteiger charge is -2.09. The zero-order valence-electron chi connectivity index (χ0n) is 9.34. The van der Waals surface area contributed by atoms with E-state index in [2.05, 4.69) is 15.0 Å². The van der Waals surface area contributed by atoms with Crippen molar-refractivity contribution in [3.63, 3.8) is 0 Å². The van der Waals surface area contributed by atoms with Crippen molar-refractivity contribution >= 4 is 17.7 Å². The monoisotopic (exact) mass is 270 g/mol. The number of aromatic carboxylic acids is 1. The molecule has 0 fully saturated rings. The lowest BCUT2D eigenvalue weighted by molar-refractivity contribution is -0.0493. The quantitative estimate of drug-likeness (QED) is 0.868. The molecule has 2 N–H and O–H groups in total. The average Bonchev–Trinajstić information content (AvgIpc) is 2.80. The number of ether oxygens (including phenoxy) is 1. The maximum atomic E-state index is 12.2. The van der Waals surface area contributed by atoms with Gasteiger partial charge in [0.2, 0.25) is 0 Å². The Hall–Kier alpha value is -2.64. The fraction of sp³-hybridized carbons (Fsp3) is 0.0909. The molecule has 1 aromatic carbocycles. The molecule has 2 aromatic rings. The van der Waals surface area contributed by atoms with Gasteiger partial charge in [0.05, 0.1) is 5.69 Å². The van der Waals surface area contributed by atoms with Crippen molar-refractivity contribution in [1.82, 2.24) is 4.98 Å². The van der Waals surface area contributed by atoms with Gasteiger partial charge in [0, 0.05) is 0 Å². The summed E-state index contributed by atoms with van der Waals surface area (Å²) in [6.45, 7) is -2.97. The van der Waals surface area contributed by atoms with E-state index >= 15 is 0 Å². The van der Waals surface area contributed by atoms with Crippen LogP contribution < -0.4 is 10.1 Å². The summed E-state index contributed by atoms with van der Waals surface area (Å²) in [5.74, 6) is -1.36. The van der Waals surface area contributed by atoms with Gasteiger partial charge < -0.3 is 19.6 Å². The van der Waals surface area contributed by atoms with E-state index in [9.17, 15) is 13.6 Å². The number of alkyl halides is 2. The van der Waals surface area contributed by atoms with E-state index < -0.39 is 12.6 Å². The number of halogens is 2. The van der Waals surface area contributed by atoms with Gasteiger partial charge in [0.1, 0.15) is 12.0 Å². The standard InChI is InChI=1S/C11H8F2N2O4/c12-10(13)19-8-4-2-1-3-6(8)14-11-15-7(5-18-11)9(16)17/h1-5,10H,(H,14,15)(H,16,17). The molecule has 0 aliphatic rings. The van der Waals surface area contributed by atoms with Crippen LogP contribution in [-0.2, 0) is 0 Å². The van der Waals surface area contributed by atoms with E-state index in [0.717, 1.165) is 6.26 Å². The predicted molar refractivity (Wildman–Crippen MR) is 59.8 cm³/mol. The lowest BCUT2D eigenvalue weighted by atomic mass is 10.3. The SMILES string of the molecule is O=C(O)c1coc(Nc2ccccc2OC(F)F)n1. The van der Waals surface area contributed by atoms with Crippen LogP contribution in [0.25, 0.3) is 0 Å². The Morgan fingerprint density at radius 2 is 2.16 bits per heavy atom. The molecule has 0 atom stereocenters. The first-order valence-corrected chi connectivity index (χ1v) is 5.06. The van der Waals surface area contributed by atoms with Crippen molar-refractivity contribution < 1.29 is 27.8 Å². The molecule has 0 spiro atoms. The molecule has 0 saturated carbocycles. The molecule has 0 bridgehead atoms. The Kier molecular flexibility index (Phi) is 3.60. The van der Waals surface area contributed by atoms with Gasteiger partial charge in [-0.25, -0.2) is 4.79 Å². The topological polar surface area (TPSA) is 84.6 Å². The van der Waals surface area contributed by atoms with Crippen LogP contribution in [0.15, 0.2) is 34.9 Å². The smallest absolute Gasteiger partial charge is 0.387 e. The average molecular weight is 270 g/mol. The van der Waals surface area contributed by atoms with E-state index in [1.807, 2.05) is 0 Å². The van der Waals surface area contributed by atoms with Gasteiger partial charge in [-0.15, -0.1) is 0 Å². The summed E-state index contributed by atoms with van der Waals surface area (Å²) >= 11 is 0. The van der Waals surface area contributed by atoms with Crippen molar-refractivity contribution in [3.8, 4) is 5.75 Å². The molecule has 8 heteroatoms. The second-order valence-corrected chi connectivity index (χ2v) is 3.34. The largest absolute Gasteiger partial charge is 0.476 e. The van der Waals surface area contributed by atoms with Crippen molar-refractivity contribution in [1.29, 1.82) is 0 Å². The molecule has 0 aliphatic carbocycles. The zero-order valence-corrected chi connectivity index (χ0v) is 9.34. The lowest BCUT2D eigenvalue weighted by Crippen LogP contribution is -2.04. The minimum atomic E-state index is -2.97. The van der Waals surface area contributed by atoms with Gasteiger partial charge in [-0.3, -0.25) is 0 Å². The highest BCUT2D eigenvalue weighted by Gasteiger charge is 2.13. The number of nitrogens with one attached hydrogen (secondary N) is 1. The molecule has 0 aliphatic heterocycles. The highest BCUT2D eigenvalue weighted by atomic mass is 19.3. The van der Waals surface area contributed by atoms with E-state index in [1.165, 1.54) is 18.2 Å². The highest BCUT2D eigenvalue weighted by Crippen LogP contribution is 2.28. The zero-order chi connectivity index (χ0) is 13.8. The number of hydrogen-bond acceptors (Lipinski definition) is 5. The van der Waals surface area contributed by atoms with Crippen molar-refractivity contribution in [2.45, 2.75) is 6.61 Å². The Labute approximate surface area is 105 Å². The Morgan fingerprint density at radius 3 is 2.79 bits per heavy atom. The first kappa shape index (κ1) is 12.8. The van der Waals surface area contributed by atoms with E-state index in [0.29, 0.717) is 0 Å². The molecular formula is C11H8F2N2O4. The molecule has 0 radical (unpaired) electrons. The Bertz CT molecular complexity index is 586. The van der Waals surface area contributed by atoms with E-state index in [-0.39, 0.29) is 23.1 Å². The minimum absolute atomic E-state index is 0.104. The summed E-state index contributed by atoms with van der Waals surface area (Å²) in [6, 6.07) is 5.75. The highest BCUT2D eigenvalue weighted by molar-refractivity contribution is 5.85. The van der Waals surface area contributed by atoms with Gasteiger partial charge in [-0.1, -0.05) is 12.1 Å². The normalized spacial score (nSPS) is 10.5. The van der Waals surface area contributed by atoms with Gasteiger partial charge in [-0.2, -0.15) is 13.8 Å². The van der Waals surface area contributed by atoms with Crippen LogP contribution in [-0.4, -0.2) is 22.7 Å². The number of rotatable bonds is 5. The number of anilines is 2. The molecule has 0 amide bonds. The summed E-state index contributed by atoms with van der Waals surface area (Å²) in [5, 5.41) is 11.2. The van der Waals surface area contributed by atoms with Gasteiger partial charge >= 0.3 is 12.6 Å². The van der Waals surface area contributed by atoms with Gasteiger partial charge in [0.25, 0.3) is 6.01 Å². The summed E-state index contributed by atoms with van der Waals surface area (Å²) in [4.78, 5) is 14.2. The molecule has 100 valence electrons. The van der Waals surface area contributed by atoms with Crippen LogP contribution >= 0.6 is 0 Å². The number of carboxylic acids is 1. The predicted octanol–water partition coefficient (Wildman–Crippen LogP) is 2.72. The van der Waals surface area contributed by atoms with Crippen LogP contribution in [0.4, 0.5) is 20.5 Å². The number of oxazole rings is 1. The fourth-order valence-electron chi connectivity index (χ4n) is 1.31. The number of carbonyl (C=O) groups is 1. The van der Waals surface area contributed by atoms with Crippen LogP contribution in [0, 0.1) is 0 Å². The number of para-hydroxylation sites is 2. The Balaban J connectivity index is 2.20. The number of carboxylic acid groups (broad SMARTS) is 1. The number of hydrogen-bond donors (Lipinski definition) is 2. The molecule has 1 aromatic heterocycles. The van der Waals surface area contributed by atoms with Gasteiger partial charge in [0.15, 0.2) is 5.69 Å². The second kappa shape index (κ2) is 5.34. The summed E-state index contributed by atoms with van der Waals surface area (Å²) in [6.07, 6.45) is 0.932. The molecule has 0 saturated heterocycles. The molecule has 1 heterocycles. The minimum Gasteiger partial charge on any atom is -0.476 e. The molecular weight excluding hydrogens is 262 g/mol. The number of nitrogens with zero attached hydrogens (tertiary/aromatic N) is 1. The van der Waals surface area contributed by atoms with E-state index in [4.69, 9.17) is 9.52 Å². The number of aromatic nitrogens is 1. The molecule has 6 nitrogen and oxygen atoms in total. The second-order valence-electron chi connectivity index (χ2n) is 3.34. The third-order valence-electron chi connectivity index (χ3n) is 2.07. The maximum absolute atomic E-state index is 12.2. The molecule has 0 unspecified atom stereocenters. The fourth-order valence-corrected chi connectivity index (χ4v) is 1.31. The van der Waals surface area contributed by atoms with Crippen molar-refractivity contribution in [2.24, 2.45) is 0 Å². The van der Waals surface area contributed by atoms with Crippen molar-refractivity contribution in [3.05, 3.63) is 36.2 Å². The first-order valence-electron chi connectivity index (χ1n) is 5.06. The Morgan fingerprint density at radius 1 is 1.42 bits per heavy atom. The summed E-state index contributed by atoms with van der Waals surface area (Å²) < 4.78 is 33.5. The molecule has 19 heavy (non-hydrogen) atoms. The van der Waals surface area contributed by atoms with Crippen molar-refractivity contribution in [2.75, 3.05) is 5.32 Å². The third kappa shape index (κ3) is 3.18. The summed E-state index contributed by atoms with van der Waals surface area (Å²) in [5.41, 5.74) is -0.114. The first-order chi connectivity index (χ1) is 9.06. The van der Waals surface area contributed by atoms with Crippen LogP contribution in [0.5, 0.6) is 5.75 Å². The maximum Gasteiger partial charge on any atom is 0.387 e. The van der Waals surface area contributed by atoms with Crippen LogP contribution in [0.1, 0.15) is 10.5 Å². The van der Waals surface area contributed by atoms with Gasteiger partial charge in [-0.05, 0) is 12.1 Å². The van der Waals surface area contributed by atoms with Crippen LogP contribution in [0.2, 0.25) is 0 Å². The number of benzene rings is 1. The van der Waals surface area contributed by atoms with Crippen LogP contribution in [0.3, 0.4) is 0 Å². The molecule has 2 rings (SSSR count).